The molecule has 1 aliphatic heterocycles. The Morgan fingerprint density at radius 3 is 2.68 bits per heavy atom. The van der Waals surface area contributed by atoms with Gasteiger partial charge in [0.25, 0.3) is 5.91 Å². The highest BCUT2D eigenvalue weighted by Gasteiger charge is 2.32. The van der Waals surface area contributed by atoms with Crippen molar-refractivity contribution >= 4 is 23.5 Å². The molecular formula is C19H16N4O2. The van der Waals surface area contributed by atoms with Crippen LogP contribution in [0.2, 0.25) is 0 Å². The van der Waals surface area contributed by atoms with E-state index in [2.05, 4.69) is 10.2 Å². The van der Waals surface area contributed by atoms with Gasteiger partial charge in [-0.25, -0.2) is 0 Å². The summed E-state index contributed by atoms with van der Waals surface area (Å²) in [6, 6.07) is 16.6. The molecule has 25 heavy (non-hydrogen) atoms. The van der Waals surface area contributed by atoms with Gasteiger partial charge >= 0.3 is 0 Å². The number of benzene rings is 2. The summed E-state index contributed by atoms with van der Waals surface area (Å²) in [7, 11) is 0. The molecule has 1 aliphatic rings. The summed E-state index contributed by atoms with van der Waals surface area (Å²) < 4.78 is 5.19. The first-order valence-electron chi connectivity index (χ1n) is 7.86. The fourth-order valence-corrected chi connectivity index (χ4v) is 2.59. The summed E-state index contributed by atoms with van der Waals surface area (Å²) in [6.07, 6.45) is 1.57. The zero-order valence-corrected chi connectivity index (χ0v) is 13.7. The number of carbonyl (C=O) groups is 1. The van der Waals surface area contributed by atoms with E-state index in [4.69, 9.17) is 10.00 Å². The quantitative estimate of drug-likeness (QED) is 0.624. The predicted molar refractivity (Wildman–Crippen MR) is 96.2 cm³/mol. The van der Waals surface area contributed by atoms with E-state index in [9.17, 15) is 4.79 Å². The lowest BCUT2D eigenvalue weighted by Crippen LogP contribution is -2.29. The van der Waals surface area contributed by atoms with Crippen LogP contribution >= 0.6 is 0 Å². The van der Waals surface area contributed by atoms with Gasteiger partial charge in [-0.2, -0.15) is 10.4 Å². The van der Waals surface area contributed by atoms with Gasteiger partial charge in [-0.1, -0.05) is 18.2 Å². The van der Waals surface area contributed by atoms with Crippen molar-refractivity contribution in [3.63, 3.8) is 0 Å². The topological polar surface area (TPSA) is 78.1 Å². The number of anilines is 1. The Morgan fingerprint density at radius 1 is 1.20 bits per heavy atom. The molecule has 0 saturated carbocycles. The van der Waals surface area contributed by atoms with Gasteiger partial charge in [0.2, 0.25) is 0 Å². The number of ether oxygens (including phenoxy) is 1. The van der Waals surface area contributed by atoms with Crippen molar-refractivity contribution < 1.29 is 9.53 Å². The zero-order chi connectivity index (χ0) is 17.6. The summed E-state index contributed by atoms with van der Waals surface area (Å²) >= 11 is 0. The van der Waals surface area contributed by atoms with Gasteiger partial charge in [-0.05, 0) is 42.8 Å². The van der Waals surface area contributed by atoms with Crippen LogP contribution in [0.3, 0.4) is 0 Å². The summed E-state index contributed by atoms with van der Waals surface area (Å²) in [4.78, 5) is 14.1. The van der Waals surface area contributed by atoms with Gasteiger partial charge in [0.15, 0.2) is 12.3 Å². The smallest absolute Gasteiger partial charge is 0.279 e. The average Bonchev–Trinajstić information content (AvgIpc) is 2.92. The zero-order valence-electron chi connectivity index (χ0n) is 13.7. The molecular weight excluding hydrogens is 316 g/mol. The Kier molecular flexibility index (Phi) is 4.86. The Morgan fingerprint density at radius 2 is 1.96 bits per heavy atom. The number of fused-ring (bicyclic) bond motifs is 1. The summed E-state index contributed by atoms with van der Waals surface area (Å²) in [5.41, 5.74) is 2.83. The highest BCUT2D eigenvalue weighted by Crippen LogP contribution is 2.28. The van der Waals surface area contributed by atoms with E-state index in [1.807, 2.05) is 37.3 Å². The SMILES string of the molecule is CCN1C(=O)/C(=N/N=C\c2ccc(OCC#N)cc2)c2ccccc21. The van der Waals surface area contributed by atoms with E-state index in [1.165, 1.54) is 0 Å². The molecule has 6 nitrogen and oxygen atoms in total. The van der Waals surface area contributed by atoms with E-state index in [1.54, 1.807) is 35.4 Å². The van der Waals surface area contributed by atoms with Crippen LogP contribution in [-0.4, -0.2) is 31.0 Å². The minimum absolute atomic E-state index is 0.0105. The van der Waals surface area contributed by atoms with Gasteiger partial charge in [0.1, 0.15) is 11.8 Å². The highest BCUT2D eigenvalue weighted by molar-refractivity contribution is 6.54. The molecule has 3 rings (SSSR count). The van der Waals surface area contributed by atoms with E-state index in [0.717, 1.165) is 16.8 Å². The van der Waals surface area contributed by atoms with Crippen molar-refractivity contribution in [3.05, 3.63) is 59.7 Å². The number of amides is 1. The van der Waals surface area contributed by atoms with Gasteiger partial charge in [-0.3, -0.25) is 4.79 Å². The second-order valence-electron chi connectivity index (χ2n) is 5.28. The number of likely N-dealkylation sites (N-methyl/N-ethyl adjacent to an activating group) is 1. The van der Waals surface area contributed by atoms with Crippen LogP contribution in [0.5, 0.6) is 5.75 Å². The third kappa shape index (κ3) is 3.40. The molecule has 0 spiro atoms. The first-order chi connectivity index (χ1) is 12.2. The van der Waals surface area contributed by atoms with Crippen molar-refractivity contribution in [2.24, 2.45) is 10.2 Å². The maximum absolute atomic E-state index is 12.5. The standard InChI is InChI=1S/C19H16N4O2/c1-2-23-17-6-4-3-5-16(17)18(19(23)24)22-21-13-14-7-9-15(10-8-14)25-12-11-20/h3-10,13H,2,12H2,1H3/b21-13-,22-18+. The number of hydrogen-bond donors (Lipinski definition) is 0. The van der Waals surface area contributed by atoms with Crippen LogP contribution in [0.1, 0.15) is 18.1 Å². The molecule has 124 valence electrons. The third-order valence-electron chi connectivity index (χ3n) is 3.76. The molecule has 0 fully saturated rings. The van der Waals surface area contributed by atoms with Crippen LogP contribution < -0.4 is 9.64 Å². The summed E-state index contributed by atoms with van der Waals surface area (Å²) in [5, 5.41) is 16.7. The lowest BCUT2D eigenvalue weighted by atomic mass is 10.1. The van der Waals surface area contributed by atoms with Crippen LogP contribution in [-0.2, 0) is 4.79 Å². The molecule has 0 atom stereocenters. The number of carbonyl (C=O) groups excluding carboxylic acids is 1. The third-order valence-corrected chi connectivity index (χ3v) is 3.76. The van der Waals surface area contributed by atoms with Crippen molar-refractivity contribution in [3.8, 4) is 11.8 Å². The summed E-state index contributed by atoms with van der Waals surface area (Å²) in [5.74, 6) is 0.476. The van der Waals surface area contributed by atoms with Crippen LogP contribution in [0.15, 0.2) is 58.7 Å². The first kappa shape index (κ1) is 16.4. The van der Waals surface area contributed by atoms with Gasteiger partial charge in [-0.15, -0.1) is 5.10 Å². The molecule has 1 amide bonds. The minimum Gasteiger partial charge on any atom is -0.479 e. The molecule has 2 aromatic rings. The van der Waals surface area contributed by atoms with Crippen molar-refractivity contribution in [2.45, 2.75) is 6.92 Å². The largest absolute Gasteiger partial charge is 0.479 e. The van der Waals surface area contributed by atoms with Gasteiger partial charge < -0.3 is 9.64 Å². The number of rotatable bonds is 5. The van der Waals surface area contributed by atoms with Gasteiger partial charge in [0, 0.05) is 12.1 Å². The lowest BCUT2D eigenvalue weighted by Gasteiger charge is -2.12. The van der Waals surface area contributed by atoms with Crippen molar-refractivity contribution in [2.75, 3.05) is 18.1 Å². The molecule has 0 bridgehead atoms. The van der Waals surface area contributed by atoms with E-state index < -0.39 is 0 Å². The normalized spacial score (nSPS) is 14.8. The fourth-order valence-electron chi connectivity index (χ4n) is 2.59. The minimum atomic E-state index is -0.138. The number of para-hydroxylation sites is 1. The number of nitriles is 1. The maximum Gasteiger partial charge on any atom is 0.279 e. The second kappa shape index (κ2) is 7.41. The van der Waals surface area contributed by atoms with Crippen molar-refractivity contribution in [1.82, 2.24) is 0 Å². The maximum atomic E-state index is 12.5. The predicted octanol–water partition coefficient (Wildman–Crippen LogP) is 2.78. The molecule has 1 heterocycles. The highest BCUT2D eigenvalue weighted by atomic mass is 16.5. The monoisotopic (exact) mass is 332 g/mol. The molecule has 0 aliphatic carbocycles. The molecule has 2 aromatic carbocycles. The molecule has 6 heteroatoms. The lowest BCUT2D eigenvalue weighted by molar-refractivity contribution is -0.112. The molecule has 0 aromatic heterocycles. The number of nitrogens with zero attached hydrogens (tertiary/aromatic N) is 4. The van der Waals surface area contributed by atoms with E-state index in [0.29, 0.717) is 18.0 Å². The van der Waals surface area contributed by atoms with E-state index >= 15 is 0 Å². The fraction of sp³-hybridized carbons (Fsp3) is 0.158. The van der Waals surface area contributed by atoms with E-state index in [-0.39, 0.29) is 12.5 Å². The Balaban J connectivity index is 1.79. The Hall–Kier alpha value is -3.46. The van der Waals surface area contributed by atoms with Gasteiger partial charge in [0.05, 0.1) is 11.9 Å². The Labute approximate surface area is 145 Å². The van der Waals surface area contributed by atoms with Crippen LogP contribution in [0.25, 0.3) is 0 Å². The van der Waals surface area contributed by atoms with Crippen LogP contribution in [0, 0.1) is 11.3 Å². The Bertz CT molecular complexity index is 879. The molecule has 0 unspecified atom stereocenters. The average molecular weight is 332 g/mol. The summed E-state index contributed by atoms with van der Waals surface area (Å²) in [6.45, 7) is 2.52. The number of hydrogen-bond acceptors (Lipinski definition) is 5. The second-order valence-corrected chi connectivity index (χ2v) is 5.28. The first-order valence-corrected chi connectivity index (χ1v) is 7.86. The van der Waals surface area contributed by atoms with Crippen LogP contribution in [0.4, 0.5) is 5.69 Å². The van der Waals surface area contributed by atoms with Crippen molar-refractivity contribution in [1.29, 1.82) is 5.26 Å². The molecule has 0 saturated heterocycles. The molecule has 0 radical (unpaired) electrons. The molecule has 0 N–H and O–H groups in total.